The van der Waals surface area contributed by atoms with E-state index >= 15 is 0 Å². The van der Waals surface area contributed by atoms with Crippen LogP contribution in [0, 0.1) is 17.2 Å². The number of nitrogens with one attached hydrogen (secondary N) is 2. The van der Waals surface area contributed by atoms with Gasteiger partial charge in [-0.3, -0.25) is 4.79 Å². The zero-order valence-electron chi connectivity index (χ0n) is 21.7. The molecule has 1 amide bonds. The van der Waals surface area contributed by atoms with Crippen LogP contribution in [0.4, 0.5) is 0 Å². The fraction of sp³-hybridized carbons (Fsp3) is 0.357. The number of nitrogens with zero attached hydrogens (tertiary/aromatic N) is 4. The highest BCUT2D eigenvalue weighted by Crippen LogP contribution is 2.27. The number of nitriles is 1. The second-order valence-corrected chi connectivity index (χ2v) is 10.4. The Labute approximate surface area is 239 Å². The topological polar surface area (TPSA) is 86.0 Å². The molecule has 0 aliphatic heterocycles. The molecule has 2 aromatic carbocycles. The number of amides is 1. The van der Waals surface area contributed by atoms with Crippen LogP contribution in [0.25, 0.3) is 0 Å². The van der Waals surface area contributed by atoms with E-state index in [0.29, 0.717) is 40.4 Å². The van der Waals surface area contributed by atoms with E-state index in [1.54, 1.807) is 37.8 Å². The van der Waals surface area contributed by atoms with Gasteiger partial charge in [-0.2, -0.15) is 5.26 Å². The first-order valence-corrected chi connectivity index (χ1v) is 13.6. The molecule has 38 heavy (non-hydrogen) atoms. The molecule has 7 nitrogen and oxygen atoms in total. The summed E-state index contributed by atoms with van der Waals surface area (Å²) < 4.78 is 1.95. The number of rotatable bonds is 11. The number of carbonyl (C=O) groups is 1. The summed E-state index contributed by atoms with van der Waals surface area (Å²) in [7, 11) is 1.78. The van der Waals surface area contributed by atoms with E-state index in [0.717, 1.165) is 23.2 Å². The maximum atomic E-state index is 13.2. The quantitative estimate of drug-likeness (QED) is 0.308. The molecular formula is C28H32Cl2N6OS. The zero-order chi connectivity index (χ0) is 27.7. The summed E-state index contributed by atoms with van der Waals surface area (Å²) in [5.74, 6) is 0.118. The third kappa shape index (κ3) is 7.94. The fourth-order valence-electron chi connectivity index (χ4n) is 4.08. The van der Waals surface area contributed by atoms with Gasteiger partial charge in [-0.25, -0.2) is 4.98 Å². The van der Waals surface area contributed by atoms with Gasteiger partial charge < -0.3 is 20.1 Å². The van der Waals surface area contributed by atoms with Gasteiger partial charge in [0.05, 0.1) is 34.4 Å². The number of benzene rings is 2. The van der Waals surface area contributed by atoms with Crippen LogP contribution in [0.2, 0.25) is 10.0 Å². The van der Waals surface area contributed by atoms with Crippen molar-refractivity contribution in [3.8, 4) is 6.07 Å². The third-order valence-electron chi connectivity index (χ3n) is 6.56. The Morgan fingerprint density at radius 3 is 2.63 bits per heavy atom. The molecule has 0 aliphatic carbocycles. The summed E-state index contributed by atoms with van der Waals surface area (Å²) >= 11 is 18.3. The van der Waals surface area contributed by atoms with Gasteiger partial charge in [0, 0.05) is 44.6 Å². The van der Waals surface area contributed by atoms with Crippen molar-refractivity contribution in [1.29, 1.82) is 5.26 Å². The largest absolute Gasteiger partial charge is 0.366 e. The smallest absolute Gasteiger partial charge is 0.226 e. The highest BCUT2D eigenvalue weighted by atomic mass is 35.5. The molecule has 1 aromatic heterocycles. The van der Waals surface area contributed by atoms with E-state index in [-0.39, 0.29) is 24.3 Å². The predicted octanol–water partition coefficient (Wildman–Crippen LogP) is 5.19. The van der Waals surface area contributed by atoms with Gasteiger partial charge in [0.2, 0.25) is 5.91 Å². The number of hydrogen-bond donors (Lipinski definition) is 2. The van der Waals surface area contributed by atoms with Crippen LogP contribution in [-0.2, 0) is 24.3 Å². The molecule has 0 fully saturated rings. The van der Waals surface area contributed by atoms with E-state index in [2.05, 4.69) is 35.5 Å². The molecule has 200 valence electrons. The molecule has 0 radical (unpaired) electrons. The number of thiocarbonyl (C=S) groups is 1. The molecule has 2 atom stereocenters. The third-order valence-corrected chi connectivity index (χ3v) is 7.88. The molecule has 2 N–H and O–H groups in total. The Bertz CT molecular complexity index is 1290. The van der Waals surface area contributed by atoms with Crippen LogP contribution in [0.15, 0.2) is 55.0 Å². The summed E-state index contributed by atoms with van der Waals surface area (Å²) in [6.07, 6.45) is 4.51. The van der Waals surface area contributed by atoms with Crippen LogP contribution in [0.5, 0.6) is 0 Å². The Morgan fingerprint density at radius 2 is 1.97 bits per heavy atom. The molecule has 3 aromatic rings. The molecule has 0 bridgehead atoms. The van der Waals surface area contributed by atoms with E-state index in [4.69, 9.17) is 40.7 Å². The van der Waals surface area contributed by atoms with Crippen LogP contribution in [-0.4, -0.2) is 45.1 Å². The molecule has 3 rings (SSSR count). The zero-order valence-corrected chi connectivity index (χ0v) is 24.1. The standard InChI is InChI=1S/C28H32Cl2N6OS/c1-4-19(2)25(17-35(28(38)32-3)16-22-6-5-7-24(29)27(22)30)34-26(37)12-23-14-33-18-36(23)15-21-10-8-20(13-31)9-11-21/h5-11,14,18-19,25H,4,12,15-17H2,1-3H3,(H,32,38)(H,34,37). The summed E-state index contributed by atoms with van der Waals surface area (Å²) in [6.45, 7) is 5.75. The van der Waals surface area contributed by atoms with Gasteiger partial charge in [0.15, 0.2) is 5.11 Å². The van der Waals surface area contributed by atoms with E-state index in [1.807, 2.05) is 33.7 Å². The number of hydrogen-bond acceptors (Lipinski definition) is 4. The first-order chi connectivity index (χ1) is 18.2. The lowest BCUT2D eigenvalue weighted by Crippen LogP contribution is -2.50. The van der Waals surface area contributed by atoms with E-state index < -0.39 is 0 Å². The summed E-state index contributed by atoms with van der Waals surface area (Å²) in [4.78, 5) is 19.5. The van der Waals surface area contributed by atoms with Crippen molar-refractivity contribution in [1.82, 2.24) is 25.1 Å². The van der Waals surface area contributed by atoms with Crippen molar-refractivity contribution in [3.63, 3.8) is 0 Å². The van der Waals surface area contributed by atoms with Crippen molar-refractivity contribution in [2.24, 2.45) is 5.92 Å². The minimum Gasteiger partial charge on any atom is -0.366 e. The Hall–Kier alpha value is -3.12. The fourth-order valence-corrected chi connectivity index (χ4v) is 4.60. The van der Waals surface area contributed by atoms with Gasteiger partial charge in [0.25, 0.3) is 0 Å². The Balaban J connectivity index is 1.71. The lowest BCUT2D eigenvalue weighted by molar-refractivity contribution is -0.121. The number of aromatic nitrogens is 2. The lowest BCUT2D eigenvalue weighted by Gasteiger charge is -2.33. The van der Waals surface area contributed by atoms with Crippen molar-refractivity contribution >= 4 is 46.4 Å². The maximum absolute atomic E-state index is 13.2. The van der Waals surface area contributed by atoms with Crippen LogP contribution in [0.1, 0.15) is 42.7 Å². The minimum atomic E-state index is -0.147. The van der Waals surface area contributed by atoms with Gasteiger partial charge >= 0.3 is 0 Å². The second kappa shape index (κ2) is 14.1. The van der Waals surface area contributed by atoms with Crippen molar-refractivity contribution in [2.75, 3.05) is 13.6 Å². The lowest BCUT2D eigenvalue weighted by atomic mass is 9.98. The molecule has 0 spiro atoms. The van der Waals surface area contributed by atoms with Gasteiger partial charge in [-0.05, 0) is 47.5 Å². The highest BCUT2D eigenvalue weighted by molar-refractivity contribution is 7.80. The normalized spacial score (nSPS) is 12.3. The molecule has 0 aliphatic rings. The van der Waals surface area contributed by atoms with E-state index in [9.17, 15) is 4.79 Å². The summed E-state index contributed by atoms with van der Waals surface area (Å²) in [6, 6.07) is 14.9. The Kier molecular flexibility index (Phi) is 11.0. The molecule has 0 saturated heterocycles. The highest BCUT2D eigenvalue weighted by Gasteiger charge is 2.24. The molecular weight excluding hydrogens is 539 g/mol. The van der Waals surface area contributed by atoms with Crippen LogP contribution < -0.4 is 10.6 Å². The SMILES string of the molecule is CCC(C)C(CN(Cc1cccc(Cl)c1Cl)C(=S)NC)NC(=O)Cc1cncn1Cc1ccc(C#N)cc1. The van der Waals surface area contributed by atoms with Gasteiger partial charge in [0.1, 0.15) is 0 Å². The van der Waals surface area contributed by atoms with Crippen LogP contribution >= 0.6 is 35.4 Å². The van der Waals surface area contributed by atoms with Crippen molar-refractivity contribution < 1.29 is 4.79 Å². The van der Waals surface area contributed by atoms with E-state index in [1.165, 1.54) is 0 Å². The second-order valence-electron chi connectivity index (χ2n) is 9.21. The van der Waals surface area contributed by atoms with Gasteiger partial charge in [-0.15, -0.1) is 0 Å². The number of carbonyl (C=O) groups excluding carboxylic acids is 1. The Morgan fingerprint density at radius 1 is 1.24 bits per heavy atom. The monoisotopic (exact) mass is 570 g/mol. The molecule has 0 saturated carbocycles. The van der Waals surface area contributed by atoms with Crippen LogP contribution in [0.3, 0.4) is 0 Å². The maximum Gasteiger partial charge on any atom is 0.226 e. The summed E-state index contributed by atoms with van der Waals surface area (Å²) in [5, 5.41) is 16.8. The van der Waals surface area contributed by atoms with Crippen molar-refractivity contribution in [2.45, 2.75) is 45.8 Å². The average molecular weight is 572 g/mol. The molecule has 1 heterocycles. The molecule has 2 unspecified atom stereocenters. The average Bonchev–Trinajstić information content (AvgIpc) is 3.35. The summed E-state index contributed by atoms with van der Waals surface area (Å²) in [5.41, 5.74) is 3.30. The first kappa shape index (κ1) is 29.4. The number of halogens is 2. The van der Waals surface area contributed by atoms with Crippen molar-refractivity contribution in [3.05, 3.63) is 87.4 Å². The van der Waals surface area contributed by atoms with Gasteiger partial charge in [-0.1, -0.05) is 67.7 Å². The minimum absolute atomic E-state index is 0.0898. The molecule has 10 heteroatoms. The first-order valence-electron chi connectivity index (χ1n) is 12.4. The predicted molar refractivity (Wildman–Crippen MR) is 156 cm³/mol. The number of imidazole rings is 1.